The molecule has 4 N–H and O–H groups in total. The largest absolute Gasteiger partial charge is 0.491 e. The van der Waals surface area contributed by atoms with E-state index in [0.29, 0.717) is 12.3 Å². The third kappa shape index (κ3) is 7.27. The van der Waals surface area contributed by atoms with E-state index in [0.717, 1.165) is 0 Å². The van der Waals surface area contributed by atoms with Crippen molar-refractivity contribution >= 4 is 23.6 Å². The monoisotopic (exact) mass is 432 g/mol. The molecule has 1 heterocycles. The topological polar surface area (TPSA) is 126 Å². The minimum atomic E-state index is -1.10. The number of carbonyl (C=O) groups excluding carboxylic acids is 4. The van der Waals surface area contributed by atoms with Gasteiger partial charge in [-0.1, -0.05) is 39.8 Å². The van der Waals surface area contributed by atoms with E-state index in [2.05, 4.69) is 21.3 Å². The Hall–Kier alpha value is -3.10. The zero-order valence-corrected chi connectivity index (χ0v) is 18.5. The Labute approximate surface area is 182 Å². The van der Waals surface area contributed by atoms with Gasteiger partial charge >= 0.3 is 0 Å². The maximum absolute atomic E-state index is 12.9. The van der Waals surface area contributed by atoms with Gasteiger partial charge in [-0.15, -0.1) is 0 Å². The lowest BCUT2D eigenvalue weighted by atomic mass is 10.0. The number of hydrogen-bond donors (Lipinski definition) is 4. The van der Waals surface area contributed by atoms with Crippen LogP contribution >= 0.6 is 0 Å². The van der Waals surface area contributed by atoms with E-state index >= 15 is 0 Å². The van der Waals surface area contributed by atoms with Crippen LogP contribution in [0, 0.1) is 11.8 Å². The second-order valence-electron chi connectivity index (χ2n) is 8.29. The number of fused-ring (bicyclic) bond motifs is 1. The summed E-state index contributed by atoms with van der Waals surface area (Å²) in [6.45, 7) is 8.28. The standard InChI is InChI=1S/C22H32N4O5/c1-13(2)12-24-21(29)16-11-18(27)26-19(14(3)4)22(30)23-9-10-31-17-8-6-5-7-15(17)20(28)25-16/h5-8,13-14,16,19H,9-12H2,1-4H3,(H,23,30)(H,24,29)(H,25,28)(H,26,27)/t16-,19+/m0/s1. The number of hydrogen-bond acceptors (Lipinski definition) is 5. The molecule has 2 rings (SSSR count). The van der Waals surface area contributed by atoms with Crippen LogP contribution in [-0.4, -0.2) is 55.4 Å². The van der Waals surface area contributed by atoms with Gasteiger partial charge in [0.2, 0.25) is 17.7 Å². The van der Waals surface area contributed by atoms with Crippen LogP contribution in [0.3, 0.4) is 0 Å². The lowest BCUT2D eigenvalue weighted by molar-refractivity contribution is -0.132. The molecule has 9 nitrogen and oxygen atoms in total. The smallest absolute Gasteiger partial charge is 0.255 e. The average Bonchev–Trinajstić information content (AvgIpc) is 2.72. The highest BCUT2D eigenvalue weighted by Gasteiger charge is 2.29. The van der Waals surface area contributed by atoms with Gasteiger partial charge in [-0.2, -0.15) is 0 Å². The molecule has 31 heavy (non-hydrogen) atoms. The van der Waals surface area contributed by atoms with Crippen LogP contribution in [0.4, 0.5) is 0 Å². The van der Waals surface area contributed by atoms with Gasteiger partial charge in [-0.3, -0.25) is 19.2 Å². The molecule has 0 saturated carbocycles. The Balaban J connectivity index is 2.32. The predicted molar refractivity (Wildman–Crippen MR) is 115 cm³/mol. The van der Waals surface area contributed by atoms with Crippen LogP contribution in [0.5, 0.6) is 5.75 Å². The Bertz CT molecular complexity index is 809. The van der Waals surface area contributed by atoms with Crippen LogP contribution in [0.15, 0.2) is 24.3 Å². The highest BCUT2D eigenvalue weighted by Crippen LogP contribution is 2.18. The van der Waals surface area contributed by atoms with Crippen LogP contribution in [0.25, 0.3) is 0 Å². The summed E-state index contributed by atoms with van der Waals surface area (Å²) >= 11 is 0. The van der Waals surface area contributed by atoms with Crippen molar-refractivity contribution in [2.24, 2.45) is 11.8 Å². The molecular weight excluding hydrogens is 400 g/mol. The molecule has 1 aromatic carbocycles. The quantitative estimate of drug-likeness (QED) is 0.554. The minimum Gasteiger partial charge on any atom is -0.491 e. The first-order valence-corrected chi connectivity index (χ1v) is 10.6. The second kappa shape index (κ2) is 11.3. The average molecular weight is 433 g/mol. The van der Waals surface area contributed by atoms with Crippen molar-refractivity contribution < 1.29 is 23.9 Å². The van der Waals surface area contributed by atoms with Gasteiger partial charge in [0.05, 0.1) is 18.5 Å². The predicted octanol–water partition coefficient (Wildman–Crippen LogP) is 0.597. The van der Waals surface area contributed by atoms with Gasteiger partial charge in [-0.25, -0.2) is 0 Å². The number of ether oxygens (including phenoxy) is 1. The van der Waals surface area contributed by atoms with Gasteiger partial charge in [0.15, 0.2) is 0 Å². The molecule has 4 amide bonds. The molecule has 0 aliphatic carbocycles. The molecule has 1 aliphatic heterocycles. The lowest BCUT2D eigenvalue weighted by Crippen LogP contribution is -2.54. The van der Waals surface area contributed by atoms with Crippen molar-refractivity contribution in [3.8, 4) is 5.75 Å². The fraction of sp³-hybridized carbons (Fsp3) is 0.545. The number of para-hydroxylation sites is 1. The first-order valence-electron chi connectivity index (χ1n) is 10.6. The molecule has 0 saturated heterocycles. The van der Waals surface area contributed by atoms with E-state index in [1.165, 1.54) is 0 Å². The van der Waals surface area contributed by atoms with Crippen LogP contribution in [-0.2, 0) is 14.4 Å². The summed E-state index contributed by atoms with van der Waals surface area (Å²) in [5, 5.41) is 10.8. The third-order valence-corrected chi connectivity index (χ3v) is 4.75. The molecule has 0 aromatic heterocycles. The highest BCUT2D eigenvalue weighted by molar-refractivity contribution is 6.01. The zero-order chi connectivity index (χ0) is 23.0. The maximum atomic E-state index is 12.9. The molecule has 0 fully saturated rings. The summed E-state index contributed by atoms with van der Waals surface area (Å²) in [4.78, 5) is 50.8. The van der Waals surface area contributed by atoms with Crippen molar-refractivity contribution in [1.82, 2.24) is 21.3 Å². The Morgan fingerprint density at radius 3 is 2.52 bits per heavy atom. The molecule has 0 unspecified atom stereocenters. The molecule has 1 aromatic rings. The fourth-order valence-electron chi connectivity index (χ4n) is 3.05. The van der Waals surface area contributed by atoms with E-state index in [9.17, 15) is 19.2 Å². The zero-order valence-electron chi connectivity index (χ0n) is 18.5. The summed E-state index contributed by atoms with van der Waals surface area (Å²) in [6, 6.07) is 4.76. The summed E-state index contributed by atoms with van der Waals surface area (Å²) in [6.07, 6.45) is -0.296. The Morgan fingerprint density at radius 2 is 1.84 bits per heavy atom. The number of benzene rings is 1. The van der Waals surface area contributed by atoms with E-state index in [1.54, 1.807) is 24.3 Å². The molecule has 170 valence electrons. The summed E-state index contributed by atoms with van der Waals surface area (Å²) in [5.74, 6) is -1.45. The molecule has 9 heteroatoms. The maximum Gasteiger partial charge on any atom is 0.255 e. The normalized spacial score (nSPS) is 20.6. The molecule has 0 radical (unpaired) electrons. The van der Waals surface area contributed by atoms with Gasteiger partial charge in [0, 0.05) is 6.54 Å². The summed E-state index contributed by atoms with van der Waals surface area (Å²) in [5.41, 5.74) is 0.244. The van der Waals surface area contributed by atoms with E-state index in [-0.39, 0.29) is 42.9 Å². The van der Waals surface area contributed by atoms with Crippen LogP contribution < -0.4 is 26.0 Å². The number of rotatable bonds is 4. The van der Waals surface area contributed by atoms with Gasteiger partial charge < -0.3 is 26.0 Å². The van der Waals surface area contributed by atoms with Crippen molar-refractivity contribution in [2.75, 3.05) is 19.7 Å². The lowest BCUT2D eigenvalue weighted by Gasteiger charge is -2.25. The summed E-state index contributed by atoms with van der Waals surface area (Å²) < 4.78 is 5.68. The van der Waals surface area contributed by atoms with E-state index in [4.69, 9.17) is 4.74 Å². The van der Waals surface area contributed by atoms with Crippen molar-refractivity contribution in [3.63, 3.8) is 0 Å². The Kier molecular flexibility index (Phi) is 8.84. The van der Waals surface area contributed by atoms with Crippen LogP contribution in [0.2, 0.25) is 0 Å². The SMILES string of the molecule is CC(C)CNC(=O)[C@@H]1CC(=O)N[C@H](C(C)C)C(=O)NCCOc2ccccc2C(=O)N1. The highest BCUT2D eigenvalue weighted by atomic mass is 16.5. The third-order valence-electron chi connectivity index (χ3n) is 4.75. The van der Waals surface area contributed by atoms with Crippen molar-refractivity contribution in [2.45, 2.75) is 46.2 Å². The van der Waals surface area contributed by atoms with Crippen molar-refractivity contribution in [1.29, 1.82) is 0 Å². The second-order valence-corrected chi connectivity index (χ2v) is 8.29. The summed E-state index contributed by atoms with van der Waals surface area (Å²) in [7, 11) is 0. The molecule has 1 aliphatic rings. The van der Waals surface area contributed by atoms with Gasteiger partial charge in [0.1, 0.15) is 24.4 Å². The molecule has 2 atom stereocenters. The van der Waals surface area contributed by atoms with Gasteiger partial charge in [0.25, 0.3) is 5.91 Å². The molecular formula is C22H32N4O5. The molecule has 0 bridgehead atoms. The number of nitrogens with one attached hydrogen (secondary N) is 4. The Morgan fingerprint density at radius 1 is 1.13 bits per heavy atom. The fourth-order valence-corrected chi connectivity index (χ4v) is 3.05. The van der Waals surface area contributed by atoms with Gasteiger partial charge in [-0.05, 0) is 24.0 Å². The first-order chi connectivity index (χ1) is 14.7. The van der Waals surface area contributed by atoms with E-state index < -0.39 is 29.8 Å². The van der Waals surface area contributed by atoms with Crippen molar-refractivity contribution in [3.05, 3.63) is 29.8 Å². The first kappa shape index (κ1) is 24.2. The van der Waals surface area contributed by atoms with E-state index in [1.807, 2.05) is 27.7 Å². The number of amides is 4. The van der Waals surface area contributed by atoms with Crippen LogP contribution in [0.1, 0.15) is 44.5 Å². The minimum absolute atomic E-state index is 0.146. The molecule has 0 spiro atoms. The number of carbonyl (C=O) groups is 4.